The van der Waals surface area contributed by atoms with E-state index in [0.717, 1.165) is 5.69 Å². The van der Waals surface area contributed by atoms with Crippen LogP contribution in [0.2, 0.25) is 0 Å². The first-order chi connectivity index (χ1) is 5.36. The summed E-state index contributed by atoms with van der Waals surface area (Å²) < 4.78 is 4.64. The van der Waals surface area contributed by atoms with E-state index < -0.39 is 0 Å². The van der Waals surface area contributed by atoms with Gasteiger partial charge in [0.15, 0.2) is 0 Å². The second-order valence-electron chi connectivity index (χ2n) is 2.09. The van der Waals surface area contributed by atoms with Crippen LogP contribution in [0.15, 0.2) is 22.9 Å². The standard InChI is InChI=1S/C6H6N4O/c7-6-3-5(8-9-6)4-1-2-11-10-4/h1-3H,(H3,7,8,9). The average molecular weight is 150 g/mol. The van der Waals surface area contributed by atoms with Crippen LogP contribution in [0.5, 0.6) is 0 Å². The Bertz CT molecular complexity index is 337. The van der Waals surface area contributed by atoms with Crippen molar-refractivity contribution in [3.8, 4) is 11.4 Å². The zero-order valence-corrected chi connectivity index (χ0v) is 5.61. The van der Waals surface area contributed by atoms with E-state index in [4.69, 9.17) is 5.73 Å². The Labute approximate surface area is 62.2 Å². The number of nitrogen functional groups attached to an aromatic ring is 1. The van der Waals surface area contributed by atoms with Crippen LogP contribution in [0, 0.1) is 0 Å². The van der Waals surface area contributed by atoms with Crippen molar-refractivity contribution in [1.29, 1.82) is 0 Å². The van der Waals surface area contributed by atoms with Crippen LogP contribution in [-0.2, 0) is 0 Å². The number of nitrogens with two attached hydrogens (primary N) is 1. The number of anilines is 1. The van der Waals surface area contributed by atoms with Crippen LogP contribution >= 0.6 is 0 Å². The summed E-state index contributed by atoms with van der Waals surface area (Å²) in [4.78, 5) is 0. The summed E-state index contributed by atoms with van der Waals surface area (Å²) in [5.41, 5.74) is 6.85. The van der Waals surface area contributed by atoms with Gasteiger partial charge >= 0.3 is 0 Å². The molecule has 5 nitrogen and oxygen atoms in total. The summed E-state index contributed by atoms with van der Waals surface area (Å²) in [6.45, 7) is 0. The lowest BCUT2D eigenvalue weighted by Crippen LogP contribution is -1.81. The number of H-pyrrole nitrogens is 1. The third-order valence-corrected chi connectivity index (χ3v) is 1.31. The van der Waals surface area contributed by atoms with Gasteiger partial charge in [0.1, 0.15) is 17.8 Å². The summed E-state index contributed by atoms with van der Waals surface area (Å²) in [6.07, 6.45) is 1.49. The van der Waals surface area contributed by atoms with Crippen LogP contribution in [0.4, 0.5) is 5.82 Å². The largest absolute Gasteiger partial charge is 0.382 e. The Morgan fingerprint density at radius 1 is 1.55 bits per heavy atom. The second-order valence-corrected chi connectivity index (χ2v) is 2.09. The van der Waals surface area contributed by atoms with E-state index in [-0.39, 0.29) is 0 Å². The number of nitrogens with one attached hydrogen (secondary N) is 1. The molecular weight excluding hydrogens is 144 g/mol. The van der Waals surface area contributed by atoms with Gasteiger partial charge in [0, 0.05) is 12.1 Å². The molecule has 0 aliphatic rings. The molecule has 0 saturated carbocycles. The van der Waals surface area contributed by atoms with Gasteiger partial charge in [-0.3, -0.25) is 5.10 Å². The van der Waals surface area contributed by atoms with E-state index in [9.17, 15) is 0 Å². The monoisotopic (exact) mass is 150 g/mol. The van der Waals surface area contributed by atoms with Crippen molar-refractivity contribution in [2.45, 2.75) is 0 Å². The summed E-state index contributed by atoms with van der Waals surface area (Å²) in [5.74, 6) is 0.447. The number of hydrogen-bond donors (Lipinski definition) is 2. The van der Waals surface area contributed by atoms with Crippen LogP contribution in [0.3, 0.4) is 0 Å². The molecule has 11 heavy (non-hydrogen) atoms. The third-order valence-electron chi connectivity index (χ3n) is 1.31. The second kappa shape index (κ2) is 2.12. The molecule has 0 spiro atoms. The number of rotatable bonds is 1. The first-order valence-electron chi connectivity index (χ1n) is 3.08. The Kier molecular flexibility index (Phi) is 1.15. The van der Waals surface area contributed by atoms with Gasteiger partial charge in [-0.25, -0.2) is 0 Å². The Hall–Kier alpha value is -1.78. The Morgan fingerprint density at radius 3 is 3.00 bits per heavy atom. The topological polar surface area (TPSA) is 80.7 Å². The third kappa shape index (κ3) is 0.958. The fraction of sp³-hybridized carbons (Fsp3) is 0. The number of hydrogen-bond acceptors (Lipinski definition) is 4. The molecule has 0 fully saturated rings. The minimum absolute atomic E-state index is 0.447. The highest BCUT2D eigenvalue weighted by Gasteiger charge is 2.02. The molecule has 0 radical (unpaired) electrons. The molecule has 0 unspecified atom stereocenters. The predicted octanol–water partition coefficient (Wildman–Crippen LogP) is 0.647. The van der Waals surface area contributed by atoms with E-state index in [2.05, 4.69) is 19.9 Å². The summed E-state index contributed by atoms with van der Waals surface area (Å²) in [6, 6.07) is 3.42. The lowest BCUT2D eigenvalue weighted by Gasteiger charge is -1.82. The SMILES string of the molecule is Nc1cc(-c2ccon2)[nH]n1. The van der Waals surface area contributed by atoms with Crippen LogP contribution < -0.4 is 5.73 Å². The normalized spacial score (nSPS) is 10.2. The molecular formula is C6H6N4O. The van der Waals surface area contributed by atoms with E-state index in [1.54, 1.807) is 12.1 Å². The van der Waals surface area contributed by atoms with Gasteiger partial charge in [0.2, 0.25) is 0 Å². The van der Waals surface area contributed by atoms with Crippen molar-refractivity contribution < 1.29 is 4.52 Å². The molecule has 0 aliphatic carbocycles. The van der Waals surface area contributed by atoms with Crippen LogP contribution in [0.1, 0.15) is 0 Å². The first-order valence-corrected chi connectivity index (χ1v) is 3.08. The number of aromatic amines is 1. The van der Waals surface area contributed by atoms with E-state index >= 15 is 0 Å². The smallest absolute Gasteiger partial charge is 0.145 e. The van der Waals surface area contributed by atoms with Crippen LogP contribution in [-0.4, -0.2) is 15.4 Å². The molecule has 2 heterocycles. The van der Waals surface area contributed by atoms with Crippen molar-refractivity contribution in [3.05, 3.63) is 18.4 Å². The molecule has 56 valence electrons. The molecule has 5 heteroatoms. The minimum Gasteiger partial charge on any atom is -0.382 e. The van der Waals surface area contributed by atoms with Gasteiger partial charge in [0.05, 0.1) is 5.69 Å². The van der Waals surface area contributed by atoms with Crippen molar-refractivity contribution in [1.82, 2.24) is 15.4 Å². The molecule has 0 saturated heterocycles. The maximum atomic E-state index is 5.38. The van der Waals surface area contributed by atoms with Crippen molar-refractivity contribution in [2.24, 2.45) is 0 Å². The number of nitrogens with zero attached hydrogens (tertiary/aromatic N) is 2. The fourth-order valence-corrected chi connectivity index (χ4v) is 0.820. The molecule has 0 atom stereocenters. The van der Waals surface area contributed by atoms with Gasteiger partial charge in [-0.15, -0.1) is 0 Å². The highest BCUT2D eigenvalue weighted by molar-refractivity contribution is 5.56. The summed E-state index contributed by atoms with van der Waals surface area (Å²) in [7, 11) is 0. The van der Waals surface area contributed by atoms with Crippen molar-refractivity contribution in [2.75, 3.05) is 5.73 Å². The van der Waals surface area contributed by atoms with E-state index in [1.165, 1.54) is 6.26 Å². The zero-order valence-electron chi connectivity index (χ0n) is 5.61. The molecule has 0 aliphatic heterocycles. The van der Waals surface area contributed by atoms with Gasteiger partial charge in [-0.1, -0.05) is 5.16 Å². The lowest BCUT2D eigenvalue weighted by molar-refractivity contribution is 0.422. The van der Waals surface area contributed by atoms with Gasteiger partial charge < -0.3 is 10.3 Å². The maximum Gasteiger partial charge on any atom is 0.145 e. The quantitative estimate of drug-likeness (QED) is 0.625. The van der Waals surface area contributed by atoms with E-state index in [1.807, 2.05) is 0 Å². The molecule has 2 rings (SSSR count). The zero-order chi connectivity index (χ0) is 7.68. The molecule has 0 bridgehead atoms. The fourth-order valence-electron chi connectivity index (χ4n) is 0.820. The molecule has 3 N–H and O–H groups in total. The highest BCUT2D eigenvalue weighted by atomic mass is 16.5. The van der Waals surface area contributed by atoms with Crippen LogP contribution in [0.25, 0.3) is 11.4 Å². The van der Waals surface area contributed by atoms with Crippen molar-refractivity contribution >= 4 is 5.82 Å². The predicted molar refractivity (Wildman–Crippen MR) is 38.5 cm³/mol. The van der Waals surface area contributed by atoms with Gasteiger partial charge in [-0.2, -0.15) is 5.10 Å². The Balaban J connectivity index is 2.45. The average Bonchev–Trinajstić information content (AvgIpc) is 2.55. The minimum atomic E-state index is 0.447. The first kappa shape index (κ1) is 5.96. The van der Waals surface area contributed by atoms with Crippen molar-refractivity contribution in [3.63, 3.8) is 0 Å². The molecule has 2 aromatic heterocycles. The highest BCUT2D eigenvalue weighted by Crippen LogP contribution is 2.14. The summed E-state index contributed by atoms with van der Waals surface area (Å²) in [5, 5.41) is 10.2. The number of aromatic nitrogens is 3. The van der Waals surface area contributed by atoms with Gasteiger partial charge in [-0.05, 0) is 0 Å². The lowest BCUT2D eigenvalue weighted by atomic mass is 10.3. The van der Waals surface area contributed by atoms with Gasteiger partial charge in [0.25, 0.3) is 0 Å². The molecule has 0 amide bonds. The molecule has 0 aromatic carbocycles. The Morgan fingerprint density at radius 2 is 2.45 bits per heavy atom. The van der Waals surface area contributed by atoms with E-state index in [0.29, 0.717) is 11.5 Å². The molecule has 2 aromatic rings. The summed E-state index contributed by atoms with van der Waals surface area (Å²) >= 11 is 0. The maximum absolute atomic E-state index is 5.38.